The van der Waals surface area contributed by atoms with Crippen molar-refractivity contribution in [2.45, 2.75) is 27.2 Å². The molecule has 0 saturated carbocycles. The second kappa shape index (κ2) is 4.30. The molecule has 0 radical (unpaired) electrons. The first-order chi connectivity index (χ1) is 6.50. The first-order valence-electron chi connectivity index (χ1n) is 4.76. The summed E-state index contributed by atoms with van der Waals surface area (Å²) in [7, 11) is 1.69. The maximum atomic E-state index is 11.6. The molecule has 0 bridgehead atoms. The van der Waals surface area contributed by atoms with Crippen molar-refractivity contribution >= 4 is 5.78 Å². The molecule has 0 spiro atoms. The van der Waals surface area contributed by atoms with Crippen molar-refractivity contribution in [3.63, 3.8) is 0 Å². The van der Waals surface area contributed by atoms with Gasteiger partial charge in [0.1, 0.15) is 5.78 Å². The number of carbonyl (C=O) groups is 1. The summed E-state index contributed by atoms with van der Waals surface area (Å²) in [5.41, 5.74) is 0. The third-order valence-electron chi connectivity index (χ3n) is 2.39. The van der Waals surface area contributed by atoms with E-state index >= 15 is 0 Å². The Morgan fingerprint density at radius 1 is 1.43 bits per heavy atom. The number of nitrogens with zero attached hydrogens (tertiary/aromatic N) is 4. The summed E-state index contributed by atoms with van der Waals surface area (Å²) >= 11 is 0. The van der Waals surface area contributed by atoms with Gasteiger partial charge in [-0.2, -0.15) is 4.80 Å². The van der Waals surface area contributed by atoms with Gasteiger partial charge in [0.25, 0.3) is 0 Å². The van der Waals surface area contributed by atoms with Gasteiger partial charge in [-0.15, -0.1) is 10.2 Å². The van der Waals surface area contributed by atoms with E-state index in [0.717, 1.165) is 0 Å². The highest BCUT2D eigenvalue weighted by molar-refractivity contribution is 5.82. The first kappa shape index (κ1) is 10.8. The van der Waals surface area contributed by atoms with Crippen molar-refractivity contribution < 1.29 is 4.79 Å². The predicted octanol–water partition coefficient (Wildman–Crippen LogP) is 0.614. The zero-order valence-electron chi connectivity index (χ0n) is 9.06. The topological polar surface area (TPSA) is 60.7 Å². The Balaban J connectivity index is 2.57. The van der Waals surface area contributed by atoms with E-state index in [0.29, 0.717) is 11.7 Å². The number of aromatic nitrogens is 4. The zero-order valence-corrected chi connectivity index (χ0v) is 9.06. The van der Waals surface area contributed by atoms with Crippen LogP contribution in [0.15, 0.2) is 0 Å². The van der Waals surface area contributed by atoms with Crippen LogP contribution in [0, 0.1) is 11.8 Å². The van der Waals surface area contributed by atoms with Crippen LogP contribution in [0.5, 0.6) is 0 Å². The standard InChI is InChI=1S/C9H16N4O/c1-6(2)7(3)8(14)5-9-10-12-13(4)11-9/h6-7H,5H2,1-4H3. The predicted molar refractivity (Wildman–Crippen MR) is 51.5 cm³/mol. The van der Waals surface area contributed by atoms with E-state index < -0.39 is 0 Å². The molecule has 78 valence electrons. The molecule has 1 atom stereocenters. The lowest BCUT2D eigenvalue weighted by Crippen LogP contribution is -2.19. The molecule has 1 aromatic rings. The normalized spacial score (nSPS) is 13.2. The second-order valence-corrected chi connectivity index (χ2v) is 3.87. The van der Waals surface area contributed by atoms with Gasteiger partial charge >= 0.3 is 0 Å². The van der Waals surface area contributed by atoms with Crippen LogP contribution >= 0.6 is 0 Å². The van der Waals surface area contributed by atoms with Gasteiger partial charge in [-0.05, 0) is 11.1 Å². The molecule has 14 heavy (non-hydrogen) atoms. The van der Waals surface area contributed by atoms with Gasteiger partial charge in [0, 0.05) is 5.92 Å². The van der Waals surface area contributed by atoms with Crippen LogP contribution in [0.3, 0.4) is 0 Å². The van der Waals surface area contributed by atoms with Crippen LogP contribution in [-0.4, -0.2) is 26.0 Å². The molecule has 0 amide bonds. The number of hydrogen-bond acceptors (Lipinski definition) is 4. The molecule has 1 aromatic heterocycles. The fourth-order valence-electron chi connectivity index (χ4n) is 1.08. The van der Waals surface area contributed by atoms with Crippen molar-refractivity contribution in [3.8, 4) is 0 Å². The van der Waals surface area contributed by atoms with E-state index in [1.807, 2.05) is 20.8 Å². The Labute approximate surface area is 83.5 Å². The van der Waals surface area contributed by atoms with Gasteiger partial charge in [-0.3, -0.25) is 4.79 Å². The average molecular weight is 196 g/mol. The fourth-order valence-corrected chi connectivity index (χ4v) is 1.08. The van der Waals surface area contributed by atoms with Gasteiger partial charge in [0.15, 0.2) is 5.82 Å². The van der Waals surface area contributed by atoms with Crippen molar-refractivity contribution in [1.29, 1.82) is 0 Å². The van der Waals surface area contributed by atoms with Gasteiger partial charge in [-0.1, -0.05) is 20.8 Å². The maximum absolute atomic E-state index is 11.6. The lowest BCUT2D eigenvalue weighted by atomic mass is 9.92. The molecule has 0 fully saturated rings. The van der Waals surface area contributed by atoms with E-state index in [4.69, 9.17) is 0 Å². The van der Waals surface area contributed by atoms with Crippen molar-refractivity contribution in [1.82, 2.24) is 20.2 Å². The Kier molecular flexibility index (Phi) is 3.33. The molecule has 0 aliphatic carbocycles. The van der Waals surface area contributed by atoms with Crippen molar-refractivity contribution in [3.05, 3.63) is 5.82 Å². The van der Waals surface area contributed by atoms with Crippen LogP contribution in [0.25, 0.3) is 0 Å². The highest BCUT2D eigenvalue weighted by Crippen LogP contribution is 2.12. The number of hydrogen-bond donors (Lipinski definition) is 0. The number of carbonyl (C=O) groups excluding carboxylic acids is 1. The SMILES string of the molecule is CC(C)C(C)C(=O)Cc1nnn(C)n1. The van der Waals surface area contributed by atoms with Crippen LogP contribution in [0.4, 0.5) is 0 Å². The Morgan fingerprint density at radius 2 is 2.07 bits per heavy atom. The van der Waals surface area contributed by atoms with Crippen molar-refractivity contribution in [2.75, 3.05) is 0 Å². The quantitative estimate of drug-likeness (QED) is 0.708. The van der Waals surface area contributed by atoms with Gasteiger partial charge in [0.2, 0.25) is 0 Å². The molecule has 5 heteroatoms. The number of ketones is 1. The smallest absolute Gasteiger partial charge is 0.182 e. The molecule has 0 aliphatic rings. The Bertz CT molecular complexity index is 318. The Morgan fingerprint density at radius 3 is 2.50 bits per heavy atom. The van der Waals surface area contributed by atoms with Crippen LogP contribution < -0.4 is 0 Å². The molecular formula is C9H16N4O. The minimum Gasteiger partial charge on any atom is -0.299 e. The van der Waals surface area contributed by atoms with Gasteiger partial charge < -0.3 is 0 Å². The molecule has 0 saturated heterocycles. The van der Waals surface area contributed by atoms with E-state index in [1.54, 1.807) is 7.05 Å². The summed E-state index contributed by atoms with van der Waals surface area (Å²) in [4.78, 5) is 13.0. The average Bonchev–Trinajstić information content (AvgIpc) is 2.49. The summed E-state index contributed by atoms with van der Waals surface area (Å²) < 4.78 is 0. The summed E-state index contributed by atoms with van der Waals surface area (Å²) in [6.45, 7) is 6.00. The summed E-state index contributed by atoms with van der Waals surface area (Å²) in [5, 5.41) is 11.4. The molecule has 1 unspecified atom stereocenters. The molecule has 1 heterocycles. The van der Waals surface area contributed by atoms with E-state index in [9.17, 15) is 4.79 Å². The van der Waals surface area contributed by atoms with E-state index in [2.05, 4.69) is 15.4 Å². The largest absolute Gasteiger partial charge is 0.299 e. The Hall–Kier alpha value is -1.26. The van der Waals surface area contributed by atoms with E-state index in [1.165, 1.54) is 4.80 Å². The van der Waals surface area contributed by atoms with Crippen LogP contribution in [-0.2, 0) is 18.3 Å². The number of Topliss-reactive ketones (excluding diaryl/α,β-unsaturated/α-hetero) is 1. The van der Waals surface area contributed by atoms with Gasteiger partial charge in [0.05, 0.1) is 13.5 Å². The molecule has 1 rings (SSSR count). The van der Waals surface area contributed by atoms with Crippen LogP contribution in [0.2, 0.25) is 0 Å². The van der Waals surface area contributed by atoms with Gasteiger partial charge in [-0.25, -0.2) is 0 Å². The maximum Gasteiger partial charge on any atom is 0.182 e. The molecule has 5 nitrogen and oxygen atoms in total. The fraction of sp³-hybridized carbons (Fsp3) is 0.778. The molecule has 0 aromatic carbocycles. The third-order valence-corrected chi connectivity index (χ3v) is 2.39. The van der Waals surface area contributed by atoms with Crippen molar-refractivity contribution in [2.24, 2.45) is 18.9 Å². The second-order valence-electron chi connectivity index (χ2n) is 3.87. The minimum atomic E-state index is 0.0545. The highest BCUT2D eigenvalue weighted by Gasteiger charge is 2.18. The van der Waals surface area contributed by atoms with E-state index in [-0.39, 0.29) is 18.1 Å². The summed E-state index contributed by atoms with van der Waals surface area (Å²) in [6, 6.07) is 0. The minimum absolute atomic E-state index is 0.0545. The first-order valence-corrected chi connectivity index (χ1v) is 4.76. The number of aryl methyl sites for hydroxylation is 1. The van der Waals surface area contributed by atoms with Crippen LogP contribution in [0.1, 0.15) is 26.6 Å². The summed E-state index contributed by atoms with van der Waals surface area (Å²) in [6.07, 6.45) is 0.285. The lowest BCUT2D eigenvalue weighted by Gasteiger charge is -2.12. The summed E-state index contributed by atoms with van der Waals surface area (Å²) in [5.74, 6) is 1.09. The monoisotopic (exact) mass is 196 g/mol. The molecule has 0 aliphatic heterocycles. The zero-order chi connectivity index (χ0) is 10.7. The third kappa shape index (κ3) is 2.61. The number of rotatable bonds is 4. The highest BCUT2D eigenvalue weighted by atomic mass is 16.1. The number of tetrazole rings is 1. The lowest BCUT2D eigenvalue weighted by molar-refractivity contribution is -0.123. The molecular weight excluding hydrogens is 180 g/mol. The molecule has 0 N–H and O–H groups in total.